The van der Waals surface area contributed by atoms with Crippen LogP contribution in [0.2, 0.25) is 0 Å². The monoisotopic (exact) mass is 317 g/mol. The molecular formula is C16H16FN3O3. The first kappa shape index (κ1) is 15.4. The summed E-state index contributed by atoms with van der Waals surface area (Å²) in [4.78, 5) is 13.4. The van der Waals surface area contributed by atoms with E-state index in [9.17, 15) is 9.18 Å². The van der Waals surface area contributed by atoms with Gasteiger partial charge in [0.25, 0.3) is 0 Å². The minimum atomic E-state index is -0.518. The fraction of sp³-hybridized carbons (Fsp3) is 0.312. The summed E-state index contributed by atoms with van der Waals surface area (Å²) in [6.07, 6.45) is -0.161. The molecule has 0 N–H and O–H groups in total. The van der Waals surface area contributed by atoms with Crippen LogP contribution in [0, 0.1) is 5.82 Å². The summed E-state index contributed by atoms with van der Waals surface area (Å²) in [5, 5.41) is 7.95. The fourth-order valence-electron chi connectivity index (χ4n) is 2.44. The van der Waals surface area contributed by atoms with Crippen LogP contribution in [0.25, 0.3) is 0 Å². The average molecular weight is 317 g/mol. The highest BCUT2D eigenvalue weighted by Crippen LogP contribution is 2.25. The maximum absolute atomic E-state index is 13.0. The van der Waals surface area contributed by atoms with Crippen molar-refractivity contribution >= 4 is 11.8 Å². The van der Waals surface area contributed by atoms with Crippen LogP contribution in [0.4, 0.5) is 10.2 Å². The Morgan fingerprint density at radius 2 is 2.04 bits per heavy atom. The molecule has 6 nitrogen and oxygen atoms in total. The molecule has 1 aliphatic rings. The van der Waals surface area contributed by atoms with E-state index in [0.717, 1.165) is 5.56 Å². The van der Waals surface area contributed by atoms with Crippen LogP contribution in [0.1, 0.15) is 22.2 Å². The number of carbonyl (C=O) groups is 1. The second kappa shape index (κ2) is 6.70. The lowest BCUT2D eigenvalue weighted by Crippen LogP contribution is -2.39. The van der Waals surface area contributed by atoms with Crippen LogP contribution in [0.5, 0.6) is 0 Å². The van der Waals surface area contributed by atoms with E-state index in [2.05, 4.69) is 14.9 Å². The summed E-state index contributed by atoms with van der Waals surface area (Å²) in [5.41, 5.74) is 1.08. The molecule has 3 rings (SSSR count). The number of benzene rings is 1. The molecule has 0 spiro atoms. The lowest BCUT2D eigenvalue weighted by molar-refractivity contribution is 0.0394. The molecule has 1 aliphatic heterocycles. The van der Waals surface area contributed by atoms with Gasteiger partial charge in [-0.2, -0.15) is 0 Å². The minimum absolute atomic E-state index is 0.161. The molecule has 120 valence electrons. The number of hydrogen-bond acceptors (Lipinski definition) is 6. The Kier molecular flexibility index (Phi) is 4.47. The van der Waals surface area contributed by atoms with E-state index < -0.39 is 5.97 Å². The Morgan fingerprint density at radius 1 is 1.26 bits per heavy atom. The maximum Gasteiger partial charge on any atom is 0.358 e. The number of anilines is 1. The summed E-state index contributed by atoms with van der Waals surface area (Å²) in [6.45, 7) is 1.78. The zero-order valence-electron chi connectivity index (χ0n) is 12.6. The second-order valence-electron chi connectivity index (χ2n) is 5.13. The molecular weight excluding hydrogens is 301 g/mol. The van der Waals surface area contributed by atoms with Crippen molar-refractivity contribution in [1.82, 2.24) is 10.2 Å². The van der Waals surface area contributed by atoms with Gasteiger partial charge < -0.3 is 14.4 Å². The topological polar surface area (TPSA) is 64.5 Å². The summed E-state index contributed by atoms with van der Waals surface area (Å²) in [6, 6.07) is 9.58. The van der Waals surface area contributed by atoms with Crippen LogP contribution in [-0.4, -0.2) is 43.0 Å². The van der Waals surface area contributed by atoms with Gasteiger partial charge in [-0.05, 0) is 29.8 Å². The van der Waals surface area contributed by atoms with Crippen molar-refractivity contribution in [2.45, 2.75) is 6.10 Å². The van der Waals surface area contributed by atoms with Crippen LogP contribution in [-0.2, 0) is 9.47 Å². The van der Waals surface area contributed by atoms with Crippen molar-refractivity contribution < 1.29 is 18.7 Å². The number of rotatable bonds is 3. The van der Waals surface area contributed by atoms with E-state index in [4.69, 9.17) is 4.74 Å². The molecule has 0 amide bonds. The zero-order valence-corrected chi connectivity index (χ0v) is 12.6. The van der Waals surface area contributed by atoms with Gasteiger partial charge in [-0.1, -0.05) is 12.1 Å². The molecule has 2 aromatic rings. The quantitative estimate of drug-likeness (QED) is 0.807. The lowest BCUT2D eigenvalue weighted by Gasteiger charge is -2.33. The number of morpholine rings is 1. The number of methoxy groups -OCH3 is 1. The van der Waals surface area contributed by atoms with E-state index >= 15 is 0 Å². The first-order valence-corrected chi connectivity index (χ1v) is 7.21. The molecule has 0 aliphatic carbocycles. The molecule has 23 heavy (non-hydrogen) atoms. The van der Waals surface area contributed by atoms with Gasteiger partial charge in [-0.3, -0.25) is 0 Å². The van der Waals surface area contributed by atoms with Crippen molar-refractivity contribution in [1.29, 1.82) is 0 Å². The van der Waals surface area contributed by atoms with Gasteiger partial charge in [-0.15, -0.1) is 10.2 Å². The molecule has 0 saturated carbocycles. The Bertz CT molecular complexity index is 676. The SMILES string of the molecule is COC(=O)c1ccc(N2CCOC(c3ccc(F)cc3)C2)nn1. The average Bonchev–Trinajstić information content (AvgIpc) is 2.62. The maximum atomic E-state index is 13.0. The van der Waals surface area contributed by atoms with Gasteiger partial charge in [0.1, 0.15) is 11.9 Å². The number of nitrogens with zero attached hydrogens (tertiary/aromatic N) is 3. The van der Waals surface area contributed by atoms with E-state index in [1.165, 1.54) is 19.2 Å². The summed E-state index contributed by atoms with van der Waals surface area (Å²) >= 11 is 0. The lowest BCUT2D eigenvalue weighted by atomic mass is 10.1. The van der Waals surface area contributed by atoms with Crippen LogP contribution < -0.4 is 4.90 Å². The number of aromatic nitrogens is 2. The van der Waals surface area contributed by atoms with Crippen molar-refractivity contribution in [2.75, 3.05) is 31.7 Å². The smallest absolute Gasteiger partial charge is 0.358 e. The van der Waals surface area contributed by atoms with E-state index in [-0.39, 0.29) is 17.6 Å². The Morgan fingerprint density at radius 3 is 2.70 bits per heavy atom. The van der Waals surface area contributed by atoms with Gasteiger partial charge in [0.15, 0.2) is 11.5 Å². The number of halogens is 1. The van der Waals surface area contributed by atoms with Gasteiger partial charge in [0.05, 0.1) is 13.7 Å². The van der Waals surface area contributed by atoms with E-state index in [1.807, 2.05) is 4.90 Å². The standard InChI is InChI=1S/C16H16FN3O3/c1-22-16(21)13-6-7-15(19-18-13)20-8-9-23-14(10-20)11-2-4-12(17)5-3-11/h2-7,14H,8-10H2,1H3. The van der Waals surface area contributed by atoms with Crippen molar-refractivity contribution in [3.8, 4) is 0 Å². The first-order chi connectivity index (χ1) is 11.2. The molecule has 0 bridgehead atoms. The third-order valence-corrected chi connectivity index (χ3v) is 3.68. The molecule has 1 aromatic heterocycles. The molecule has 2 heterocycles. The third-order valence-electron chi connectivity index (χ3n) is 3.68. The van der Waals surface area contributed by atoms with Gasteiger partial charge in [-0.25, -0.2) is 9.18 Å². The van der Waals surface area contributed by atoms with Crippen molar-refractivity contribution in [3.05, 3.63) is 53.5 Å². The normalized spacial score (nSPS) is 17.8. The van der Waals surface area contributed by atoms with Crippen molar-refractivity contribution in [3.63, 3.8) is 0 Å². The van der Waals surface area contributed by atoms with Crippen LogP contribution >= 0.6 is 0 Å². The highest BCUT2D eigenvalue weighted by molar-refractivity contribution is 5.86. The minimum Gasteiger partial charge on any atom is -0.464 e. The second-order valence-corrected chi connectivity index (χ2v) is 5.13. The van der Waals surface area contributed by atoms with E-state index in [0.29, 0.717) is 25.5 Å². The summed E-state index contributed by atoms with van der Waals surface area (Å²) in [5.74, 6) is -0.131. The molecule has 1 unspecified atom stereocenters. The van der Waals surface area contributed by atoms with Gasteiger partial charge in [0, 0.05) is 13.1 Å². The molecule has 1 aromatic carbocycles. The Labute approximate surface area is 132 Å². The van der Waals surface area contributed by atoms with Gasteiger partial charge in [0.2, 0.25) is 0 Å². The van der Waals surface area contributed by atoms with Crippen LogP contribution in [0.15, 0.2) is 36.4 Å². The highest BCUT2D eigenvalue weighted by atomic mass is 19.1. The predicted octanol–water partition coefficient (Wildman–Crippen LogP) is 1.98. The highest BCUT2D eigenvalue weighted by Gasteiger charge is 2.23. The summed E-state index contributed by atoms with van der Waals surface area (Å²) < 4.78 is 23.4. The zero-order chi connectivity index (χ0) is 16.2. The number of ether oxygens (including phenoxy) is 2. The van der Waals surface area contributed by atoms with E-state index in [1.54, 1.807) is 24.3 Å². The first-order valence-electron chi connectivity index (χ1n) is 7.21. The van der Waals surface area contributed by atoms with Gasteiger partial charge >= 0.3 is 5.97 Å². The Hall–Kier alpha value is -2.54. The molecule has 0 radical (unpaired) electrons. The third kappa shape index (κ3) is 3.45. The number of esters is 1. The molecule has 7 heteroatoms. The molecule has 1 atom stereocenters. The molecule has 1 fully saturated rings. The number of hydrogen-bond donors (Lipinski definition) is 0. The van der Waals surface area contributed by atoms with Crippen molar-refractivity contribution in [2.24, 2.45) is 0 Å². The number of carbonyl (C=O) groups excluding carboxylic acids is 1. The molecule has 1 saturated heterocycles. The fourth-order valence-corrected chi connectivity index (χ4v) is 2.44. The Balaban J connectivity index is 1.73. The summed E-state index contributed by atoms with van der Waals surface area (Å²) in [7, 11) is 1.30. The predicted molar refractivity (Wildman–Crippen MR) is 80.7 cm³/mol. The largest absolute Gasteiger partial charge is 0.464 e. The van der Waals surface area contributed by atoms with Crippen LogP contribution in [0.3, 0.4) is 0 Å².